The molecule has 0 amide bonds. The molecule has 2 aromatic carbocycles. The Balaban J connectivity index is 1.75. The fraction of sp³-hybridized carbons (Fsp3) is 0.250. The van der Waals surface area contributed by atoms with Crippen LogP contribution in [0.2, 0.25) is 5.02 Å². The van der Waals surface area contributed by atoms with Gasteiger partial charge < -0.3 is 15.4 Å². The lowest BCUT2D eigenvalue weighted by Gasteiger charge is -2.10. The van der Waals surface area contributed by atoms with Crippen LogP contribution < -0.4 is 15.4 Å². The van der Waals surface area contributed by atoms with Crippen molar-refractivity contribution in [2.75, 3.05) is 30.3 Å². The van der Waals surface area contributed by atoms with Gasteiger partial charge in [0, 0.05) is 35.6 Å². The molecule has 2 N–H and O–H groups in total. The SMILES string of the molecule is CCOc1cccc(NCCNc2ccc(Cl)cc2)c1. The summed E-state index contributed by atoms with van der Waals surface area (Å²) in [4.78, 5) is 0. The third-order valence-corrected chi connectivity index (χ3v) is 3.02. The molecule has 0 aliphatic carbocycles. The Morgan fingerprint density at radius 2 is 1.65 bits per heavy atom. The van der Waals surface area contributed by atoms with E-state index in [0.29, 0.717) is 6.61 Å². The minimum absolute atomic E-state index is 0.682. The number of rotatable bonds is 7. The molecule has 106 valence electrons. The molecule has 0 radical (unpaired) electrons. The predicted molar refractivity (Wildman–Crippen MR) is 86.0 cm³/mol. The molecular formula is C16H19ClN2O. The van der Waals surface area contributed by atoms with Crippen LogP contribution >= 0.6 is 11.6 Å². The normalized spacial score (nSPS) is 10.1. The van der Waals surface area contributed by atoms with Gasteiger partial charge in [-0.1, -0.05) is 17.7 Å². The standard InChI is InChI=1S/C16H19ClN2O/c1-2-20-16-5-3-4-15(12-16)19-11-10-18-14-8-6-13(17)7-9-14/h3-9,12,18-19H,2,10-11H2,1H3. The molecule has 0 unspecified atom stereocenters. The molecule has 0 aliphatic heterocycles. The Bertz CT molecular complexity index is 528. The molecule has 0 aromatic heterocycles. The molecule has 4 heteroatoms. The molecule has 0 fully saturated rings. The monoisotopic (exact) mass is 290 g/mol. The van der Waals surface area contributed by atoms with Gasteiger partial charge in [-0.05, 0) is 43.3 Å². The highest BCUT2D eigenvalue weighted by molar-refractivity contribution is 6.30. The molecule has 0 spiro atoms. The Morgan fingerprint density at radius 1 is 0.950 bits per heavy atom. The van der Waals surface area contributed by atoms with E-state index < -0.39 is 0 Å². The highest BCUT2D eigenvalue weighted by Crippen LogP contribution is 2.17. The first-order valence-corrected chi connectivity index (χ1v) is 7.12. The average Bonchev–Trinajstić information content (AvgIpc) is 2.46. The fourth-order valence-electron chi connectivity index (χ4n) is 1.84. The van der Waals surface area contributed by atoms with Gasteiger partial charge >= 0.3 is 0 Å². The molecule has 2 rings (SSSR count). The van der Waals surface area contributed by atoms with E-state index in [4.69, 9.17) is 16.3 Å². The highest BCUT2D eigenvalue weighted by atomic mass is 35.5. The van der Waals surface area contributed by atoms with Crippen molar-refractivity contribution in [2.24, 2.45) is 0 Å². The quantitative estimate of drug-likeness (QED) is 0.748. The van der Waals surface area contributed by atoms with E-state index in [1.165, 1.54) is 0 Å². The van der Waals surface area contributed by atoms with Crippen molar-refractivity contribution < 1.29 is 4.74 Å². The maximum absolute atomic E-state index is 5.84. The number of nitrogens with one attached hydrogen (secondary N) is 2. The van der Waals surface area contributed by atoms with E-state index in [2.05, 4.69) is 10.6 Å². The van der Waals surface area contributed by atoms with Crippen molar-refractivity contribution >= 4 is 23.0 Å². The number of hydrogen-bond donors (Lipinski definition) is 2. The molecule has 20 heavy (non-hydrogen) atoms. The lowest BCUT2D eigenvalue weighted by Crippen LogP contribution is -2.13. The maximum Gasteiger partial charge on any atom is 0.121 e. The van der Waals surface area contributed by atoms with Gasteiger partial charge in [0.15, 0.2) is 0 Å². The number of hydrogen-bond acceptors (Lipinski definition) is 3. The molecule has 3 nitrogen and oxygen atoms in total. The molecule has 2 aromatic rings. The first kappa shape index (κ1) is 14.5. The van der Waals surface area contributed by atoms with Crippen molar-refractivity contribution in [3.05, 3.63) is 53.6 Å². The third kappa shape index (κ3) is 4.67. The molecule has 0 aliphatic rings. The summed E-state index contributed by atoms with van der Waals surface area (Å²) in [6, 6.07) is 15.7. The van der Waals surface area contributed by atoms with Crippen LogP contribution in [0.25, 0.3) is 0 Å². The van der Waals surface area contributed by atoms with Gasteiger partial charge in [-0.25, -0.2) is 0 Å². The first-order chi connectivity index (χ1) is 9.78. The second kappa shape index (κ2) is 7.65. The number of ether oxygens (including phenoxy) is 1. The summed E-state index contributed by atoms with van der Waals surface area (Å²) in [6.45, 7) is 4.33. The van der Waals surface area contributed by atoms with Gasteiger partial charge in [0.05, 0.1) is 6.61 Å². The van der Waals surface area contributed by atoms with Crippen LogP contribution in [0.4, 0.5) is 11.4 Å². The van der Waals surface area contributed by atoms with Crippen molar-refractivity contribution in [3.8, 4) is 5.75 Å². The molecule has 0 atom stereocenters. The van der Waals surface area contributed by atoms with Crippen molar-refractivity contribution in [1.29, 1.82) is 0 Å². The number of anilines is 2. The zero-order chi connectivity index (χ0) is 14.2. The van der Waals surface area contributed by atoms with Crippen LogP contribution in [0.5, 0.6) is 5.75 Å². The first-order valence-electron chi connectivity index (χ1n) is 6.74. The van der Waals surface area contributed by atoms with Crippen LogP contribution in [0.3, 0.4) is 0 Å². The summed E-state index contributed by atoms with van der Waals surface area (Å²) in [5.74, 6) is 0.892. The lowest BCUT2D eigenvalue weighted by atomic mass is 10.3. The zero-order valence-corrected chi connectivity index (χ0v) is 12.3. The summed E-state index contributed by atoms with van der Waals surface area (Å²) in [5.41, 5.74) is 2.13. The minimum atomic E-state index is 0.682. The highest BCUT2D eigenvalue weighted by Gasteiger charge is 1.96. The van der Waals surface area contributed by atoms with E-state index in [1.807, 2.05) is 55.5 Å². The van der Waals surface area contributed by atoms with Gasteiger partial charge in [0.1, 0.15) is 5.75 Å². The fourth-order valence-corrected chi connectivity index (χ4v) is 1.97. The summed E-state index contributed by atoms with van der Waals surface area (Å²) < 4.78 is 5.47. The summed E-state index contributed by atoms with van der Waals surface area (Å²) in [5, 5.41) is 7.44. The van der Waals surface area contributed by atoms with Crippen LogP contribution in [0, 0.1) is 0 Å². The number of halogens is 1. The van der Waals surface area contributed by atoms with Crippen molar-refractivity contribution in [3.63, 3.8) is 0 Å². The Labute approximate surface area is 124 Å². The predicted octanol–water partition coefficient (Wildman–Crippen LogP) is 4.26. The van der Waals surface area contributed by atoms with E-state index in [9.17, 15) is 0 Å². The molecule has 0 bridgehead atoms. The number of benzene rings is 2. The van der Waals surface area contributed by atoms with Crippen LogP contribution in [-0.2, 0) is 0 Å². The van der Waals surface area contributed by atoms with Gasteiger partial charge in [-0.15, -0.1) is 0 Å². The van der Waals surface area contributed by atoms with E-state index in [-0.39, 0.29) is 0 Å². The summed E-state index contributed by atoms with van der Waals surface area (Å²) >= 11 is 5.84. The Hall–Kier alpha value is -1.87. The molecule has 0 heterocycles. The van der Waals surface area contributed by atoms with Crippen molar-refractivity contribution in [1.82, 2.24) is 0 Å². The molecule has 0 saturated heterocycles. The second-order valence-electron chi connectivity index (χ2n) is 4.32. The smallest absolute Gasteiger partial charge is 0.121 e. The van der Waals surface area contributed by atoms with Gasteiger partial charge in [0.2, 0.25) is 0 Å². The molecule has 0 saturated carbocycles. The van der Waals surface area contributed by atoms with Gasteiger partial charge in [-0.2, -0.15) is 0 Å². The van der Waals surface area contributed by atoms with Crippen LogP contribution in [0.1, 0.15) is 6.92 Å². The van der Waals surface area contributed by atoms with E-state index >= 15 is 0 Å². The molecular weight excluding hydrogens is 272 g/mol. The lowest BCUT2D eigenvalue weighted by molar-refractivity contribution is 0.340. The van der Waals surface area contributed by atoms with Crippen molar-refractivity contribution in [2.45, 2.75) is 6.92 Å². The zero-order valence-electron chi connectivity index (χ0n) is 11.5. The average molecular weight is 291 g/mol. The minimum Gasteiger partial charge on any atom is -0.494 e. The topological polar surface area (TPSA) is 33.3 Å². The van der Waals surface area contributed by atoms with Crippen LogP contribution in [0.15, 0.2) is 48.5 Å². The van der Waals surface area contributed by atoms with E-state index in [0.717, 1.165) is 35.2 Å². The maximum atomic E-state index is 5.84. The summed E-state index contributed by atoms with van der Waals surface area (Å²) in [6.07, 6.45) is 0. The largest absolute Gasteiger partial charge is 0.494 e. The van der Waals surface area contributed by atoms with Gasteiger partial charge in [0.25, 0.3) is 0 Å². The Morgan fingerprint density at radius 3 is 2.35 bits per heavy atom. The summed E-state index contributed by atoms with van der Waals surface area (Å²) in [7, 11) is 0. The van der Waals surface area contributed by atoms with Gasteiger partial charge in [-0.3, -0.25) is 0 Å². The van der Waals surface area contributed by atoms with E-state index in [1.54, 1.807) is 0 Å². The second-order valence-corrected chi connectivity index (χ2v) is 4.76. The third-order valence-electron chi connectivity index (χ3n) is 2.77. The van der Waals surface area contributed by atoms with Crippen LogP contribution in [-0.4, -0.2) is 19.7 Å². The Kier molecular flexibility index (Phi) is 5.56.